The second-order valence-electron chi connectivity index (χ2n) is 3.50. The van der Waals surface area contributed by atoms with Crippen LogP contribution in [0.2, 0.25) is 0 Å². The molecule has 4 heteroatoms. The van der Waals surface area contributed by atoms with Crippen LogP contribution in [0.4, 0.5) is 8.78 Å². The first-order valence-corrected chi connectivity index (χ1v) is 4.36. The third-order valence-electron chi connectivity index (χ3n) is 2.39. The van der Waals surface area contributed by atoms with Crippen LogP contribution in [0, 0.1) is 0 Å². The first-order chi connectivity index (χ1) is 6.52. The molecule has 0 amide bonds. The van der Waals surface area contributed by atoms with E-state index in [0.717, 1.165) is 12.2 Å². The summed E-state index contributed by atoms with van der Waals surface area (Å²) in [4.78, 5) is 0. The summed E-state index contributed by atoms with van der Waals surface area (Å²) in [5.41, 5.74) is -1.37. The number of furan rings is 1. The van der Waals surface area contributed by atoms with Crippen molar-refractivity contribution in [2.45, 2.75) is 24.4 Å². The van der Waals surface area contributed by atoms with Gasteiger partial charge in [-0.05, 0) is 30.7 Å². The molecular weight excluding hydrogens is 190 g/mol. The normalized spacial score (nSPS) is 30.5. The van der Waals surface area contributed by atoms with E-state index in [4.69, 9.17) is 4.42 Å². The van der Waals surface area contributed by atoms with E-state index in [2.05, 4.69) is 0 Å². The second kappa shape index (κ2) is 2.92. The van der Waals surface area contributed by atoms with Gasteiger partial charge in [0.05, 0.1) is 6.26 Å². The number of hydrogen-bond donors (Lipinski definition) is 1. The summed E-state index contributed by atoms with van der Waals surface area (Å²) in [6.45, 7) is 0. The second-order valence-corrected chi connectivity index (χ2v) is 3.50. The van der Waals surface area contributed by atoms with Crippen LogP contribution in [0.1, 0.15) is 18.6 Å². The van der Waals surface area contributed by atoms with Gasteiger partial charge in [-0.1, -0.05) is 0 Å². The van der Waals surface area contributed by atoms with Crippen LogP contribution in [0.3, 0.4) is 0 Å². The predicted molar refractivity (Wildman–Crippen MR) is 45.9 cm³/mol. The molecule has 0 saturated heterocycles. The van der Waals surface area contributed by atoms with Gasteiger partial charge in [0.15, 0.2) is 0 Å². The van der Waals surface area contributed by atoms with Crippen LogP contribution in [0.25, 0.3) is 0 Å². The van der Waals surface area contributed by atoms with Crippen LogP contribution in [-0.2, 0) is 5.60 Å². The minimum Gasteiger partial charge on any atom is -0.466 e. The maximum atomic E-state index is 12.8. The fraction of sp³-hybridized carbons (Fsp3) is 0.400. The zero-order chi connectivity index (χ0) is 10.2. The van der Waals surface area contributed by atoms with Gasteiger partial charge in [-0.15, -0.1) is 0 Å². The molecule has 76 valence electrons. The van der Waals surface area contributed by atoms with E-state index in [1.807, 2.05) is 0 Å². The fourth-order valence-electron chi connectivity index (χ4n) is 1.51. The number of hydrogen-bond acceptors (Lipinski definition) is 2. The lowest BCUT2D eigenvalue weighted by atomic mass is 9.87. The Labute approximate surface area is 79.8 Å². The van der Waals surface area contributed by atoms with E-state index >= 15 is 0 Å². The Kier molecular flexibility index (Phi) is 1.96. The summed E-state index contributed by atoms with van der Waals surface area (Å²) in [5, 5.41) is 9.95. The fourth-order valence-corrected chi connectivity index (χ4v) is 1.51. The maximum absolute atomic E-state index is 12.8. The van der Waals surface area contributed by atoms with Gasteiger partial charge in [0.25, 0.3) is 5.92 Å². The van der Waals surface area contributed by atoms with E-state index in [9.17, 15) is 13.9 Å². The molecule has 0 bridgehead atoms. The highest BCUT2D eigenvalue weighted by atomic mass is 19.3. The molecular formula is C10H10F2O2. The highest BCUT2D eigenvalue weighted by Crippen LogP contribution is 2.38. The zero-order valence-electron chi connectivity index (χ0n) is 7.41. The molecule has 1 unspecified atom stereocenters. The molecule has 0 aliphatic heterocycles. The van der Waals surface area contributed by atoms with Crippen LogP contribution in [0.15, 0.2) is 35.0 Å². The SMILES string of the molecule is OC1(c2ccco2)C=CC(F)(F)CC1. The lowest BCUT2D eigenvalue weighted by Gasteiger charge is -2.28. The number of aliphatic hydroxyl groups is 1. The molecule has 1 aliphatic carbocycles. The molecule has 2 nitrogen and oxygen atoms in total. The van der Waals surface area contributed by atoms with Crippen molar-refractivity contribution in [2.75, 3.05) is 0 Å². The van der Waals surface area contributed by atoms with Gasteiger partial charge < -0.3 is 9.52 Å². The van der Waals surface area contributed by atoms with E-state index < -0.39 is 11.5 Å². The third kappa shape index (κ3) is 1.57. The molecule has 1 heterocycles. The summed E-state index contributed by atoms with van der Waals surface area (Å²) in [6, 6.07) is 3.20. The Morgan fingerprint density at radius 1 is 1.29 bits per heavy atom. The van der Waals surface area contributed by atoms with Crippen molar-refractivity contribution in [3.8, 4) is 0 Å². The first kappa shape index (κ1) is 9.40. The van der Waals surface area contributed by atoms with Crippen LogP contribution >= 0.6 is 0 Å². The Hall–Kier alpha value is -1.16. The van der Waals surface area contributed by atoms with Crippen molar-refractivity contribution in [2.24, 2.45) is 0 Å². The highest BCUT2D eigenvalue weighted by Gasteiger charge is 2.39. The zero-order valence-corrected chi connectivity index (χ0v) is 7.41. The molecule has 0 spiro atoms. The van der Waals surface area contributed by atoms with Crippen molar-refractivity contribution in [3.05, 3.63) is 36.3 Å². The predicted octanol–water partition coefficient (Wildman–Crippen LogP) is 2.45. The molecule has 1 aromatic heterocycles. The molecule has 1 aromatic rings. The van der Waals surface area contributed by atoms with Gasteiger partial charge in [0.2, 0.25) is 0 Å². The number of halogens is 2. The van der Waals surface area contributed by atoms with Gasteiger partial charge in [0, 0.05) is 6.42 Å². The first-order valence-electron chi connectivity index (χ1n) is 4.36. The molecule has 1 N–H and O–H groups in total. The average Bonchev–Trinajstić information content (AvgIpc) is 2.64. The van der Waals surface area contributed by atoms with E-state index in [1.165, 1.54) is 6.26 Å². The largest absolute Gasteiger partial charge is 0.466 e. The van der Waals surface area contributed by atoms with E-state index in [1.54, 1.807) is 12.1 Å². The van der Waals surface area contributed by atoms with Gasteiger partial charge >= 0.3 is 0 Å². The van der Waals surface area contributed by atoms with Crippen molar-refractivity contribution >= 4 is 0 Å². The summed E-state index contributed by atoms with van der Waals surface area (Å²) in [6.07, 6.45) is 2.87. The van der Waals surface area contributed by atoms with Crippen molar-refractivity contribution in [1.82, 2.24) is 0 Å². The maximum Gasteiger partial charge on any atom is 0.266 e. The molecule has 0 aromatic carbocycles. The summed E-state index contributed by atoms with van der Waals surface area (Å²) in [5.74, 6) is -2.50. The number of alkyl halides is 2. The Balaban J connectivity index is 2.29. The minimum absolute atomic E-state index is 0.0238. The smallest absolute Gasteiger partial charge is 0.266 e. The van der Waals surface area contributed by atoms with Gasteiger partial charge in [-0.25, -0.2) is 8.78 Å². The Morgan fingerprint density at radius 3 is 2.57 bits per heavy atom. The molecule has 14 heavy (non-hydrogen) atoms. The Morgan fingerprint density at radius 2 is 2.07 bits per heavy atom. The lowest BCUT2D eigenvalue weighted by Crippen LogP contribution is -2.31. The molecule has 0 saturated carbocycles. The van der Waals surface area contributed by atoms with Gasteiger partial charge in [-0.2, -0.15) is 0 Å². The molecule has 1 atom stereocenters. The van der Waals surface area contributed by atoms with Crippen LogP contribution in [0.5, 0.6) is 0 Å². The number of rotatable bonds is 1. The highest BCUT2D eigenvalue weighted by molar-refractivity contribution is 5.21. The van der Waals surface area contributed by atoms with Crippen molar-refractivity contribution in [3.63, 3.8) is 0 Å². The molecule has 0 fully saturated rings. The Bertz CT molecular complexity index is 343. The molecule has 1 aliphatic rings. The monoisotopic (exact) mass is 200 g/mol. The minimum atomic E-state index is -2.81. The lowest BCUT2D eigenvalue weighted by molar-refractivity contribution is -0.0222. The quantitative estimate of drug-likeness (QED) is 0.706. The van der Waals surface area contributed by atoms with Gasteiger partial charge in [-0.3, -0.25) is 0 Å². The van der Waals surface area contributed by atoms with E-state index in [0.29, 0.717) is 5.76 Å². The number of allylic oxidation sites excluding steroid dienone is 1. The molecule has 0 radical (unpaired) electrons. The van der Waals surface area contributed by atoms with Crippen molar-refractivity contribution < 1.29 is 18.3 Å². The van der Waals surface area contributed by atoms with Crippen LogP contribution in [-0.4, -0.2) is 11.0 Å². The van der Waals surface area contributed by atoms with Gasteiger partial charge in [0.1, 0.15) is 11.4 Å². The van der Waals surface area contributed by atoms with Crippen LogP contribution < -0.4 is 0 Å². The summed E-state index contributed by atoms with van der Waals surface area (Å²) < 4.78 is 30.5. The average molecular weight is 200 g/mol. The topological polar surface area (TPSA) is 33.4 Å². The summed E-state index contributed by atoms with van der Waals surface area (Å²) >= 11 is 0. The standard InChI is InChI=1S/C10H10F2O2/c11-10(12)5-3-9(13,4-6-10)8-2-1-7-14-8/h1-3,5,7,13H,4,6H2. The molecule has 2 rings (SSSR count). The van der Waals surface area contributed by atoms with Crippen molar-refractivity contribution in [1.29, 1.82) is 0 Å². The summed E-state index contributed by atoms with van der Waals surface area (Å²) in [7, 11) is 0. The third-order valence-corrected chi connectivity index (χ3v) is 2.39. The van der Waals surface area contributed by atoms with E-state index in [-0.39, 0.29) is 12.8 Å².